The van der Waals surface area contributed by atoms with Crippen LogP contribution in [0.1, 0.15) is 43.3 Å². The fourth-order valence-corrected chi connectivity index (χ4v) is 3.97. The van der Waals surface area contributed by atoms with Gasteiger partial charge in [-0.1, -0.05) is 6.07 Å². The number of nitrogens with one attached hydrogen (secondary N) is 1. The number of aromatic nitrogens is 2. The maximum absolute atomic E-state index is 12.2. The standard InChI is InChI=1S/C23H24N4O2/c1-23(2,3)29-22(28)26-17-11-19-18-10-15(13-24)7-8-20(18)27(21(19)12-17)14-16-6-4-5-9-25-16/h4-10,17H,11-12,14H2,1-3H3,(H,26,28). The molecule has 148 valence electrons. The van der Waals surface area contributed by atoms with Gasteiger partial charge in [0.2, 0.25) is 0 Å². The summed E-state index contributed by atoms with van der Waals surface area (Å²) < 4.78 is 7.67. The number of amides is 1. The van der Waals surface area contributed by atoms with Crippen LogP contribution in [0.5, 0.6) is 0 Å². The van der Waals surface area contributed by atoms with Crippen molar-refractivity contribution in [1.29, 1.82) is 5.26 Å². The van der Waals surface area contributed by atoms with Gasteiger partial charge in [0.05, 0.1) is 23.9 Å². The van der Waals surface area contributed by atoms with E-state index in [0.29, 0.717) is 12.1 Å². The molecular formula is C23H24N4O2. The summed E-state index contributed by atoms with van der Waals surface area (Å²) in [7, 11) is 0. The van der Waals surface area contributed by atoms with Crippen LogP contribution in [0.15, 0.2) is 42.6 Å². The van der Waals surface area contributed by atoms with Crippen LogP contribution < -0.4 is 5.32 Å². The number of fused-ring (bicyclic) bond motifs is 3. The quantitative estimate of drug-likeness (QED) is 0.737. The molecule has 6 nitrogen and oxygen atoms in total. The van der Waals surface area contributed by atoms with Crippen LogP contribution >= 0.6 is 0 Å². The summed E-state index contributed by atoms with van der Waals surface area (Å²) in [5.74, 6) is 0. The maximum Gasteiger partial charge on any atom is 0.407 e. The fourth-order valence-electron chi connectivity index (χ4n) is 3.97. The third kappa shape index (κ3) is 3.95. The first-order chi connectivity index (χ1) is 13.8. The molecule has 1 N–H and O–H groups in total. The summed E-state index contributed by atoms with van der Waals surface area (Å²) in [6.07, 6.45) is 2.83. The van der Waals surface area contributed by atoms with Crippen LogP contribution in [0.3, 0.4) is 0 Å². The molecule has 1 atom stereocenters. The number of rotatable bonds is 3. The van der Waals surface area contributed by atoms with Crippen LogP contribution in [0, 0.1) is 11.3 Å². The molecule has 1 unspecified atom stereocenters. The molecule has 0 aliphatic heterocycles. The second-order valence-electron chi connectivity index (χ2n) is 8.43. The largest absolute Gasteiger partial charge is 0.444 e. The Morgan fingerprint density at radius 1 is 1.31 bits per heavy atom. The average molecular weight is 388 g/mol. The minimum Gasteiger partial charge on any atom is -0.444 e. The van der Waals surface area contributed by atoms with Gasteiger partial charge in [0.15, 0.2) is 0 Å². The molecule has 4 rings (SSSR count). The van der Waals surface area contributed by atoms with Gasteiger partial charge in [-0.25, -0.2) is 4.79 Å². The van der Waals surface area contributed by atoms with E-state index in [4.69, 9.17) is 4.74 Å². The van der Waals surface area contributed by atoms with Crippen LogP contribution in [-0.4, -0.2) is 27.3 Å². The number of carbonyl (C=O) groups excluding carboxylic acids is 1. The highest BCUT2D eigenvalue weighted by Gasteiger charge is 2.30. The zero-order chi connectivity index (χ0) is 20.6. The molecule has 1 aliphatic carbocycles. The first-order valence-corrected chi connectivity index (χ1v) is 9.77. The third-order valence-electron chi connectivity index (χ3n) is 5.07. The van der Waals surface area contributed by atoms with Crippen LogP contribution in [0.2, 0.25) is 0 Å². The second kappa shape index (κ2) is 7.25. The highest BCUT2D eigenvalue weighted by Crippen LogP contribution is 2.34. The zero-order valence-electron chi connectivity index (χ0n) is 16.9. The van der Waals surface area contributed by atoms with E-state index in [-0.39, 0.29) is 6.04 Å². The zero-order valence-corrected chi connectivity index (χ0v) is 16.9. The summed E-state index contributed by atoms with van der Waals surface area (Å²) in [4.78, 5) is 16.7. The SMILES string of the molecule is CC(C)(C)OC(=O)NC1Cc2c(n(Cc3ccccn3)c3ccc(C#N)cc23)C1. The molecule has 29 heavy (non-hydrogen) atoms. The van der Waals surface area contributed by atoms with Gasteiger partial charge >= 0.3 is 6.09 Å². The van der Waals surface area contributed by atoms with Crippen molar-refractivity contribution in [2.45, 2.75) is 51.8 Å². The number of ether oxygens (including phenoxy) is 1. The Hall–Kier alpha value is -3.33. The van der Waals surface area contributed by atoms with Crippen molar-refractivity contribution in [2.75, 3.05) is 0 Å². The normalized spacial score (nSPS) is 15.7. The molecule has 0 fully saturated rings. The summed E-state index contributed by atoms with van der Waals surface area (Å²) >= 11 is 0. The smallest absolute Gasteiger partial charge is 0.407 e. The lowest BCUT2D eigenvalue weighted by atomic mass is 10.1. The number of nitrogens with zero attached hydrogens (tertiary/aromatic N) is 3. The van der Waals surface area contributed by atoms with E-state index in [1.165, 1.54) is 11.3 Å². The summed E-state index contributed by atoms with van der Waals surface area (Å²) in [6, 6.07) is 13.9. The van der Waals surface area contributed by atoms with Gasteiger partial charge in [-0.05, 0) is 63.1 Å². The Morgan fingerprint density at radius 3 is 2.83 bits per heavy atom. The molecule has 6 heteroatoms. The molecule has 1 aliphatic rings. The van der Waals surface area contributed by atoms with Crippen molar-refractivity contribution in [1.82, 2.24) is 14.9 Å². The number of pyridine rings is 1. The van der Waals surface area contributed by atoms with Gasteiger partial charge < -0.3 is 14.6 Å². The van der Waals surface area contributed by atoms with Gasteiger partial charge in [-0.3, -0.25) is 4.98 Å². The average Bonchev–Trinajstić information content (AvgIpc) is 3.18. The topological polar surface area (TPSA) is 79.9 Å². The Morgan fingerprint density at radius 2 is 2.14 bits per heavy atom. The predicted molar refractivity (Wildman–Crippen MR) is 111 cm³/mol. The van der Waals surface area contributed by atoms with Crippen molar-refractivity contribution >= 4 is 17.0 Å². The van der Waals surface area contributed by atoms with Crippen molar-refractivity contribution in [3.8, 4) is 6.07 Å². The summed E-state index contributed by atoms with van der Waals surface area (Å²) in [5, 5.41) is 13.4. The van der Waals surface area contributed by atoms with Crippen molar-refractivity contribution in [3.63, 3.8) is 0 Å². The van der Waals surface area contributed by atoms with Gasteiger partial charge in [-0.2, -0.15) is 5.26 Å². The Bertz CT molecular complexity index is 1100. The molecule has 3 aromatic rings. The highest BCUT2D eigenvalue weighted by molar-refractivity contribution is 5.88. The number of hydrogen-bond acceptors (Lipinski definition) is 4. The van der Waals surface area contributed by atoms with Gasteiger partial charge in [0.25, 0.3) is 0 Å². The third-order valence-corrected chi connectivity index (χ3v) is 5.07. The first kappa shape index (κ1) is 19.0. The van der Waals surface area contributed by atoms with Gasteiger partial charge in [0, 0.05) is 35.3 Å². The molecule has 0 saturated carbocycles. The van der Waals surface area contributed by atoms with Crippen molar-refractivity contribution < 1.29 is 9.53 Å². The predicted octanol–water partition coefficient (Wildman–Crippen LogP) is 3.95. The van der Waals surface area contributed by atoms with Gasteiger partial charge in [-0.15, -0.1) is 0 Å². The lowest BCUT2D eigenvalue weighted by Crippen LogP contribution is -2.39. The number of benzene rings is 1. The number of alkyl carbamates (subject to hydrolysis) is 1. The van der Waals surface area contributed by atoms with Crippen LogP contribution in [-0.2, 0) is 24.1 Å². The molecule has 1 amide bonds. The number of hydrogen-bond donors (Lipinski definition) is 1. The minimum absolute atomic E-state index is 0.0278. The Labute approximate surface area is 170 Å². The van der Waals surface area contributed by atoms with E-state index in [9.17, 15) is 10.1 Å². The van der Waals surface area contributed by atoms with Crippen LogP contribution in [0.4, 0.5) is 4.79 Å². The van der Waals surface area contributed by atoms with Gasteiger partial charge in [0.1, 0.15) is 5.60 Å². The first-order valence-electron chi connectivity index (χ1n) is 9.77. The van der Waals surface area contributed by atoms with E-state index in [1.807, 2.05) is 57.2 Å². The van der Waals surface area contributed by atoms with Crippen molar-refractivity contribution in [3.05, 3.63) is 65.1 Å². The summed E-state index contributed by atoms with van der Waals surface area (Å²) in [5.41, 5.74) is 4.54. The van der Waals surface area contributed by atoms with E-state index in [2.05, 4.69) is 20.9 Å². The Balaban J connectivity index is 1.67. The molecule has 0 spiro atoms. The van der Waals surface area contributed by atoms with E-state index in [1.54, 1.807) is 6.20 Å². The van der Waals surface area contributed by atoms with E-state index >= 15 is 0 Å². The lowest BCUT2D eigenvalue weighted by molar-refractivity contribution is 0.0506. The molecule has 2 heterocycles. The molecule has 0 saturated heterocycles. The molecular weight excluding hydrogens is 364 g/mol. The number of carbonyl (C=O) groups is 1. The maximum atomic E-state index is 12.2. The molecule has 0 radical (unpaired) electrons. The summed E-state index contributed by atoms with van der Waals surface area (Å²) in [6.45, 7) is 6.22. The molecule has 0 bridgehead atoms. The molecule has 2 aromatic heterocycles. The van der Waals surface area contributed by atoms with Crippen LogP contribution in [0.25, 0.3) is 10.9 Å². The Kier molecular flexibility index (Phi) is 4.75. The minimum atomic E-state index is -0.530. The van der Waals surface area contributed by atoms with E-state index in [0.717, 1.165) is 29.4 Å². The number of nitriles is 1. The molecule has 1 aromatic carbocycles. The fraction of sp³-hybridized carbons (Fsp3) is 0.348. The lowest BCUT2D eigenvalue weighted by Gasteiger charge is -2.22. The monoisotopic (exact) mass is 388 g/mol. The highest BCUT2D eigenvalue weighted by atomic mass is 16.6. The second-order valence-corrected chi connectivity index (χ2v) is 8.43. The van der Waals surface area contributed by atoms with Crippen molar-refractivity contribution in [2.24, 2.45) is 0 Å². The van der Waals surface area contributed by atoms with E-state index < -0.39 is 11.7 Å².